The van der Waals surface area contributed by atoms with Crippen molar-refractivity contribution < 1.29 is 13.6 Å². The number of aromatic nitrogens is 3. The summed E-state index contributed by atoms with van der Waals surface area (Å²) in [5.41, 5.74) is 0.938. The van der Waals surface area contributed by atoms with Crippen LogP contribution in [-0.2, 0) is 11.3 Å². The maximum atomic E-state index is 12.5. The summed E-state index contributed by atoms with van der Waals surface area (Å²) in [6.45, 7) is 2.61. The Morgan fingerprint density at radius 1 is 1.29 bits per heavy atom. The average molecular weight is 393 g/mol. The number of fused-ring (bicyclic) bond motifs is 1. The zero-order chi connectivity index (χ0) is 19.5. The van der Waals surface area contributed by atoms with E-state index in [4.69, 9.17) is 8.83 Å². The van der Waals surface area contributed by atoms with Gasteiger partial charge in [0.25, 0.3) is 0 Å². The van der Waals surface area contributed by atoms with E-state index in [1.807, 2.05) is 35.8 Å². The van der Waals surface area contributed by atoms with Crippen LogP contribution in [0.2, 0.25) is 0 Å². The van der Waals surface area contributed by atoms with E-state index < -0.39 is 0 Å². The number of rotatable bonds is 6. The first-order valence-corrected chi connectivity index (χ1v) is 9.51. The van der Waals surface area contributed by atoms with Gasteiger partial charge in [-0.3, -0.25) is 9.36 Å². The molecule has 0 atom stereocenters. The summed E-state index contributed by atoms with van der Waals surface area (Å²) in [7, 11) is 0. The third kappa shape index (κ3) is 3.25. The van der Waals surface area contributed by atoms with Gasteiger partial charge in [-0.25, -0.2) is 0 Å². The molecule has 1 N–H and O–H groups in total. The van der Waals surface area contributed by atoms with Crippen molar-refractivity contribution in [2.45, 2.75) is 18.6 Å². The second-order valence-electron chi connectivity index (χ2n) is 5.78. The van der Waals surface area contributed by atoms with Crippen molar-refractivity contribution in [3.63, 3.8) is 0 Å². The molecule has 0 spiro atoms. The molecule has 0 saturated carbocycles. The fourth-order valence-corrected chi connectivity index (χ4v) is 3.62. The van der Waals surface area contributed by atoms with Gasteiger partial charge in [-0.15, -0.1) is 10.2 Å². The highest BCUT2D eigenvalue weighted by molar-refractivity contribution is 7.99. The number of para-hydroxylation sites is 1. The molecule has 3 heterocycles. The van der Waals surface area contributed by atoms with Crippen LogP contribution in [0.4, 0.5) is 5.69 Å². The molecule has 8 nitrogen and oxygen atoms in total. The summed E-state index contributed by atoms with van der Waals surface area (Å²) in [6.07, 6.45) is 1.58. The van der Waals surface area contributed by atoms with Crippen molar-refractivity contribution in [3.8, 4) is 17.7 Å². The quantitative estimate of drug-likeness (QED) is 0.495. The van der Waals surface area contributed by atoms with Crippen LogP contribution < -0.4 is 5.32 Å². The number of carbonyl (C=O) groups excluding carboxylic acids is 1. The number of nitrogens with zero attached hydrogens (tertiary/aromatic N) is 4. The van der Waals surface area contributed by atoms with E-state index in [0.717, 1.165) is 0 Å². The van der Waals surface area contributed by atoms with E-state index in [0.29, 0.717) is 39.9 Å². The average Bonchev–Trinajstić information content (AvgIpc) is 3.44. The number of amides is 1. The number of benzene rings is 1. The van der Waals surface area contributed by atoms with Crippen molar-refractivity contribution in [1.29, 1.82) is 5.26 Å². The minimum absolute atomic E-state index is 0.0800. The lowest BCUT2D eigenvalue weighted by atomic mass is 10.2. The topological polar surface area (TPSA) is 110 Å². The molecular formula is C19H15N5O3S. The van der Waals surface area contributed by atoms with Crippen molar-refractivity contribution in [2.75, 3.05) is 11.1 Å². The Morgan fingerprint density at radius 3 is 2.89 bits per heavy atom. The number of carbonyl (C=O) groups is 1. The van der Waals surface area contributed by atoms with Crippen molar-refractivity contribution in [3.05, 3.63) is 48.4 Å². The summed E-state index contributed by atoms with van der Waals surface area (Å²) in [6, 6.07) is 12.7. The van der Waals surface area contributed by atoms with Crippen molar-refractivity contribution >= 4 is 34.3 Å². The van der Waals surface area contributed by atoms with E-state index >= 15 is 0 Å². The molecule has 140 valence electrons. The van der Waals surface area contributed by atoms with Crippen LogP contribution >= 0.6 is 11.8 Å². The summed E-state index contributed by atoms with van der Waals surface area (Å²) in [5.74, 6) is 1.16. The molecule has 0 bridgehead atoms. The minimum atomic E-state index is -0.266. The van der Waals surface area contributed by atoms with Gasteiger partial charge in [-0.2, -0.15) is 5.26 Å². The zero-order valence-corrected chi connectivity index (χ0v) is 15.7. The van der Waals surface area contributed by atoms with Crippen LogP contribution in [0, 0.1) is 11.3 Å². The first-order chi connectivity index (χ1) is 13.7. The van der Waals surface area contributed by atoms with E-state index in [1.165, 1.54) is 11.8 Å². The van der Waals surface area contributed by atoms with Gasteiger partial charge >= 0.3 is 0 Å². The highest BCUT2D eigenvalue weighted by Crippen LogP contribution is 2.31. The predicted molar refractivity (Wildman–Crippen MR) is 104 cm³/mol. The molecular weight excluding hydrogens is 378 g/mol. The van der Waals surface area contributed by atoms with Gasteiger partial charge in [0.15, 0.2) is 16.7 Å². The monoisotopic (exact) mass is 393 g/mol. The van der Waals surface area contributed by atoms with Crippen molar-refractivity contribution in [1.82, 2.24) is 14.8 Å². The number of nitrogens with one attached hydrogen (secondary N) is 1. The molecule has 4 aromatic rings. The lowest BCUT2D eigenvalue weighted by Crippen LogP contribution is -2.15. The molecule has 4 rings (SSSR count). The predicted octanol–water partition coefficient (Wildman–Crippen LogP) is 3.91. The SMILES string of the molecule is CCn1c(SCC(=O)Nc2c(C#N)oc3ccccc23)nnc1-c1ccco1. The third-order valence-electron chi connectivity index (χ3n) is 4.07. The molecule has 0 fully saturated rings. The first kappa shape index (κ1) is 17.9. The smallest absolute Gasteiger partial charge is 0.234 e. The standard InChI is InChI=1S/C19H15N5O3S/c1-2-24-18(14-8-5-9-26-14)22-23-19(24)28-11-16(25)21-17-12-6-3-4-7-13(12)27-15(17)10-20/h3-9H,2,11H2,1H3,(H,21,25). The second kappa shape index (κ2) is 7.62. The van der Waals surface area contributed by atoms with Crippen LogP contribution in [0.5, 0.6) is 0 Å². The summed E-state index contributed by atoms with van der Waals surface area (Å²) < 4.78 is 12.7. The van der Waals surface area contributed by atoms with Gasteiger partial charge < -0.3 is 14.2 Å². The Morgan fingerprint density at radius 2 is 2.14 bits per heavy atom. The first-order valence-electron chi connectivity index (χ1n) is 8.52. The van der Waals surface area contributed by atoms with Gasteiger partial charge in [0.1, 0.15) is 17.3 Å². The van der Waals surface area contributed by atoms with Crippen molar-refractivity contribution in [2.24, 2.45) is 0 Å². The number of nitriles is 1. The molecule has 0 aliphatic carbocycles. The number of anilines is 1. The zero-order valence-electron chi connectivity index (χ0n) is 14.9. The van der Waals surface area contributed by atoms with Crippen LogP contribution in [0.1, 0.15) is 12.7 Å². The van der Waals surface area contributed by atoms with Crippen LogP contribution in [0.15, 0.2) is 56.7 Å². The molecule has 3 aromatic heterocycles. The van der Waals surface area contributed by atoms with E-state index in [-0.39, 0.29) is 17.4 Å². The van der Waals surface area contributed by atoms with E-state index in [2.05, 4.69) is 15.5 Å². The minimum Gasteiger partial charge on any atom is -0.461 e. The highest BCUT2D eigenvalue weighted by Gasteiger charge is 2.19. The van der Waals surface area contributed by atoms with Gasteiger partial charge in [-0.1, -0.05) is 23.9 Å². The van der Waals surface area contributed by atoms with Gasteiger partial charge in [0.05, 0.1) is 12.0 Å². The molecule has 1 aromatic carbocycles. The Kier molecular flexibility index (Phi) is 4.87. The van der Waals surface area contributed by atoms with Crippen LogP contribution in [0.3, 0.4) is 0 Å². The maximum Gasteiger partial charge on any atom is 0.234 e. The fourth-order valence-electron chi connectivity index (χ4n) is 2.82. The highest BCUT2D eigenvalue weighted by atomic mass is 32.2. The Bertz CT molecular complexity index is 1170. The second-order valence-corrected chi connectivity index (χ2v) is 6.72. The largest absolute Gasteiger partial charge is 0.461 e. The van der Waals surface area contributed by atoms with Crippen LogP contribution in [-0.4, -0.2) is 26.4 Å². The van der Waals surface area contributed by atoms with E-state index in [1.54, 1.807) is 24.5 Å². The molecule has 9 heteroatoms. The number of hydrogen-bond donors (Lipinski definition) is 1. The number of thioether (sulfide) groups is 1. The molecule has 0 aliphatic heterocycles. The van der Waals surface area contributed by atoms with Gasteiger partial charge in [0, 0.05) is 11.9 Å². The maximum absolute atomic E-state index is 12.5. The van der Waals surface area contributed by atoms with Gasteiger partial charge in [0.2, 0.25) is 11.7 Å². The van der Waals surface area contributed by atoms with Gasteiger partial charge in [-0.05, 0) is 31.2 Å². The lowest BCUT2D eigenvalue weighted by molar-refractivity contribution is -0.113. The number of hydrogen-bond acceptors (Lipinski definition) is 7. The Hall–Kier alpha value is -3.51. The molecule has 28 heavy (non-hydrogen) atoms. The summed E-state index contributed by atoms with van der Waals surface area (Å²) in [5, 5.41) is 21.7. The Labute approximate surface area is 164 Å². The third-order valence-corrected chi connectivity index (χ3v) is 5.04. The molecule has 0 aliphatic rings. The van der Waals surface area contributed by atoms with Crippen LogP contribution in [0.25, 0.3) is 22.6 Å². The molecule has 0 saturated heterocycles. The number of furan rings is 2. The normalized spacial score (nSPS) is 10.9. The molecule has 1 amide bonds. The fraction of sp³-hybridized carbons (Fsp3) is 0.158. The molecule has 0 radical (unpaired) electrons. The summed E-state index contributed by atoms with van der Waals surface area (Å²) in [4.78, 5) is 12.5. The summed E-state index contributed by atoms with van der Waals surface area (Å²) >= 11 is 1.26. The lowest BCUT2D eigenvalue weighted by Gasteiger charge is -2.06. The Balaban J connectivity index is 1.50. The molecule has 0 unspecified atom stereocenters. The van der Waals surface area contributed by atoms with E-state index in [9.17, 15) is 10.1 Å².